The molecule has 1 saturated heterocycles. The fourth-order valence-corrected chi connectivity index (χ4v) is 2.50. The van der Waals surface area contributed by atoms with Crippen molar-refractivity contribution in [2.45, 2.75) is 31.3 Å². The van der Waals surface area contributed by atoms with Crippen molar-refractivity contribution in [3.05, 3.63) is 18.2 Å². The lowest BCUT2D eigenvalue weighted by molar-refractivity contribution is -0.141. The summed E-state index contributed by atoms with van der Waals surface area (Å²) < 4.78 is 0. The molecular formula is C15H22N6O5. The van der Waals surface area contributed by atoms with Gasteiger partial charge < -0.3 is 31.4 Å². The first-order valence-electron chi connectivity index (χ1n) is 8.23. The molecule has 0 aromatic carbocycles. The highest BCUT2D eigenvalue weighted by Crippen LogP contribution is 2.04. The number of carboxylic acid groups (broad SMARTS) is 1. The number of aliphatic carboxylic acids is 1. The zero-order chi connectivity index (χ0) is 18.9. The predicted molar refractivity (Wildman–Crippen MR) is 88.9 cm³/mol. The van der Waals surface area contributed by atoms with E-state index in [1.54, 1.807) is 0 Å². The van der Waals surface area contributed by atoms with Crippen LogP contribution in [0.5, 0.6) is 0 Å². The van der Waals surface area contributed by atoms with Crippen molar-refractivity contribution >= 4 is 23.7 Å². The van der Waals surface area contributed by atoms with Gasteiger partial charge in [-0.15, -0.1) is 0 Å². The van der Waals surface area contributed by atoms with Gasteiger partial charge in [0, 0.05) is 18.3 Å². The quantitative estimate of drug-likeness (QED) is 0.281. The number of nitrogens with zero attached hydrogens (tertiary/aromatic N) is 1. The Morgan fingerprint density at radius 3 is 2.62 bits per heavy atom. The third kappa shape index (κ3) is 6.16. The third-order valence-electron chi connectivity index (χ3n) is 3.86. The van der Waals surface area contributed by atoms with Crippen LogP contribution in [0.15, 0.2) is 12.5 Å². The van der Waals surface area contributed by atoms with Gasteiger partial charge in [0.15, 0.2) is 0 Å². The second-order valence-electron chi connectivity index (χ2n) is 5.88. The average molecular weight is 366 g/mol. The lowest BCUT2D eigenvalue weighted by Crippen LogP contribution is -2.49. The molecule has 11 heteroatoms. The summed E-state index contributed by atoms with van der Waals surface area (Å²) in [6.45, 7) is 0.137. The molecule has 1 aromatic heterocycles. The molecule has 2 unspecified atom stereocenters. The second kappa shape index (κ2) is 9.51. The molecule has 0 saturated carbocycles. The van der Waals surface area contributed by atoms with Crippen molar-refractivity contribution in [1.82, 2.24) is 31.2 Å². The Hall–Kier alpha value is -2.95. The first-order valence-corrected chi connectivity index (χ1v) is 8.23. The number of aromatic amines is 1. The van der Waals surface area contributed by atoms with Crippen molar-refractivity contribution in [2.75, 3.05) is 19.6 Å². The lowest BCUT2D eigenvalue weighted by atomic mass is 10.1. The molecule has 11 nitrogen and oxygen atoms in total. The number of carbonyl (C=O) groups is 4. The minimum atomic E-state index is -1.20. The Morgan fingerprint density at radius 1 is 1.23 bits per heavy atom. The van der Waals surface area contributed by atoms with Gasteiger partial charge in [-0.05, 0) is 19.4 Å². The van der Waals surface area contributed by atoms with E-state index in [1.165, 1.54) is 12.5 Å². The van der Waals surface area contributed by atoms with Gasteiger partial charge >= 0.3 is 5.97 Å². The molecule has 3 amide bonds. The standard InChI is InChI=1S/C15H22N6O5/c22-12(6-19-14(24)10-2-1-3-17-10)18-7-13(23)21-11(15(25)26)4-9-5-16-8-20-9/h5,8,10-11,17H,1-4,6-7H2,(H,16,20)(H,18,22)(H,19,24)(H,21,23)(H,25,26). The summed E-state index contributed by atoms with van der Waals surface area (Å²) in [5, 5.41) is 19.3. The van der Waals surface area contributed by atoms with E-state index in [2.05, 4.69) is 31.2 Å². The molecule has 0 radical (unpaired) electrons. The highest BCUT2D eigenvalue weighted by Gasteiger charge is 2.23. The van der Waals surface area contributed by atoms with Crippen LogP contribution in [0.1, 0.15) is 18.5 Å². The number of amides is 3. The number of hydrogen-bond acceptors (Lipinski definition) is 6. The second-order valence-corrected chi connectivity index (χ2v) is 5.88. The van der Waals surface area contributed by atoms with Crippen LogP contribution in [0.25, 0.3) is 0 Å². The smallest absolute Gasteiger partial charge is 0.326 e. The zero-order valence-corrected chi connectivity index (χ0v) is 14.1. The Balaban J connectivity index is 1.68. The first-order chi connectivity index (χ1) is 12.5. The van der Waals surface area contributed by atoms with E-state index < -0.39 is 23.8 Å². The van der Waals surface area contributed by atoms with Crippen LogP contribution in [-0.2, 0) is 25.6 Å². The number of imidazole rings is 1. The molecule has 1 fully saturated rings. The van der Waals surface area contributed by atoms with Crippen LogP contribution in [0.3, 0.4) is 0 Å². The summed E-state index contributed by atoms with van der Waals surface area (Å²) in [5.41, 5.74) is 0.560. The summed E-state index contributed by atoms with van der Waals surface area (Å²) in [7, 11) is 0. The maximum absolute atomic E-state index is 11.8. The molecule has 2 heterocycles. The number of carboxylic acids is 1. The normalized spacial score (nSPS) is 17.3. The molecule has 142 valence electrons. The van der Waals surface area contributed by atoms with Crippen LogP contribution in [0.4, 0.5) is 0 Å². The minimum Gasteiger partial charge on any atom is -0.480 e. The van der Waals surface area contributed by atoms with Gasteiger partial charge in [0.2, 0.25) is 17.7 Å². The van der Waals surface area contributed by atoms with Crippen LogP contribution in [0.2, 0.25) is 0 Å². The minimum absolute atomic E-state index is 0.0411. The van der Waals surface area contributed by atoms with Gasteiger partial charge in [0.1, 0.15) is 6.04 Å². The largest absolute Gasteiger partial charge is 0.480 e. The van der Waals surface area contributed by atoms with E-state index in [4.69, 9.17) is 5.11 Å². The third-order valence-corrected chi connectivity index (χ3v) is 3.86. The van der Waals surface area contributed by atoms with E-state index in [0.29, 0.717) is 5.69 Å². The number of H-pyrrole nitrogens is 1. The predicted octanol–water partition coefficient (Wildman–Crippen LogP) is -2.49. The lowest BCUT2D eigenvalue weighted by Gasteiger charge is -2.14. The van der Waals surface area contributed by atoms with Gasteiger partial charge in [-0.1, -0.05) is 0 Å². The highest BCUT2D eigenvalue weighted by molar-refractivity contribution is 5.90. The van der Waals surface area contributed by atoms with Crippen LogP contribution in [0, 0.1) is 0 Å². The van der Waals surface area contributed by atoms with Gasteiger partial charge in [-0.3, -0.25) is 14.4 Å². The van der Waals surface area contributed by atoms with Gasteiger partial charge in [-0.25, -0.2) is 9.78 Å². The van der Waals surface area contributed by atoms with Crippen LogP contribution >= 0.6 is 0 Å². The fourth-order valence-electron chi connectivity index (χ4n) is 2.50. The van der Waals surface area contributed by atoms with Gasteiger partial charge in [-0.2, -0.15) is 0 Å². The van der Waals surface area contributed by atoms with Gasteiger partial charge in [0.25, 0.3) is 0 Å². The maximum atomic E-state index is 11.8. The van der Waals surface area contributed by atoms with Crippen molar-refractivity contribution in [3.63, 3.8) is 0 Å². The SMILES string of the molecule is O=C(CNC(=O)C1CCCN1)NCC(=O)NC(Cc1cnc[nH]1)C(=O)O. The van der Waals surface area contributed by atoms with E-state index in [-0.39, 0.29) is 31.5 Å². The summed E-state index contributed by atoms with van der Waals surface area (Å²) in [6.07, 6.45) is 4.55. The number of nitrogens with one attached hydrogen (secondary N) is 5. The summed E-state index contributed by atoms with van der Waals surface area (Å²) >= 11 is 0. The number of hydrogen-bond donors (Lipinski definition) is 6. The highest BCUT2D eigenvalue weighted by atomic mass is 16.4. The maximum Gasteiger partial charge on any atom is 0.326 e. The molecule has 0 spiro atoms. The van der Waals surface area contributed by atoms with Crippen LogP contribution < -0.4 is 21.3 Å². The Kier molecular flexibility index (Phi) is 7.09. The van der Waals surface area contributed by atoms with Crippen molar-refractivity contribution in [1.29, 1.82) is 0 Å². The molecule has 1 aliphatic heterocycles. The average Bonchev–Trinajstić information content (AvgIpc) is 3.30. The first kappa shape index (κ1) is 19.4. The topological polar surface area (TPSA) is 165 Å². The molecule has 2 rings (SSSR count). The molecule has 0 bridgehead atoms. The zero-order valence-electron chi connectivity index (χ0n) is 14.1. The fraction of sp³-hybridized carbons (Fsp3) is 0.533. The van der Waals surface area contributed by atoms with Crippen molar-refractivity contribution in [2.24, 2.45) is 0 Å². The molecule has 6 N–H and O–H groups in total. The Bertz CT molecular complexity index is 641. The summed E-state index contributed by atoms with van der Waals surface area (Å²) in [5.74, 6) is -2.64. The molecule has 26 heavy (non-hydrogen) atoms. The van der Waals surface area contributed by atoms with Crippen molar-refractivity contribution < 1.29 is 24.3 Å². The summed E-state index contributed by atoms with van der Waals surface area (Å²) in [4.78, 5) is 53.0. The van der Waals surface area contributed by atoms with E-state index in [0.717, 1.165) is 19.4 Å². The Morgan fingerprint density at radius 2 is 2.00 bits per heavy atom. The molecular weight excluding hydrogens is 344 g/mol. The molecule has 1 aliphatic rings. The van der Waals surface area contributed by atoms with Crippen molar-refractivity contribution in [3.8, 4) is 0 Å². The summed E-state index contributed by atoms with van der Waals surface area (Å²) in [6, 6.07) is -1.43. The Labute approximate surface area is 149 Å². The number of aromatic nitrogens is 2. The molecule has 2 atom stereocenters. The molecule has 1 aromatic rings. The number of carbonyl (C=O) groups excluding carboxylic acids is 3. The monoisotopic (exact) mass is 366 g/mol. The van der Waals surface area contributed by atoms with E-state index >= 15 is 0 Å². The number of rotatable bonds is 9. The van der Waals surface area contributed by atoms with Crippen LogP contribution in [-0.4, -0.2) is 70.5 Å². The van der Waals surface area contributed by atoms with Gasteiger partial charge in [0.05, 0.1) is 25.5 Å². The van der Waals surface area contributed by atoms with E-state index in [1.807, 2.05) is 0 Å². The molecule has 0 aliphatic carbocycles. The van der Waals surface area contributed by atoms with E-state index in [9.17, 15) is 19.2 Å².